The number of nitrogens with zero attached hydrogens (tertiary/aromatic N) is 2. The summed E-state index contributed by atoms with van der Waals surface area (Å²) in [4.78, 5) is 2.37. The average molecular weight is 703 g/mol. The molecule has 0 saturated heterocycles. The second-order valence-corrected chi connectivity index (χ2v) is 15.4. The van der Waals surface area contributed by atoms with Crippen molar-refractivity contribution < 1.29 is 0 Å². The standard InChI is InChI=1S/C53H38N2/c1-53(2,39-13-5-3-6-14-39)40-23-27-42(28-24-40)54(41-15-7-4-8-16-41)43-25-21-35-31-47-49(33-37(35)29-43)48-32-36-22-26-44(30-38(36)34-50(47)48)55-51-19-11-9-17-45(51)46-18-10-12-20-52(46)55/h3-34H,1-2H3. The molecule has 11 rings (SSSR count). The lowest BCUT2D eigenvalue weighted by molar-refractivity contribution is 0.641. The van der Waals surface area contributed by atoms with E-state index in [1.807, 2.05) is 0 Å². The summed E-state index contributed by atoms with van der Waals surface area (Å²) in [6.45, 7) is 4.60. The maximum Gasteiger partial charge on any atom is 0.0541 e. The first-order valence-electron chi connectivity index (χ1n) is 19.2. The van der Waals surface area contributed by atoms with E-state index in [0.717, 1.165) is 17.1 Å². The predicted octanol–water partition coefficient (Wildman–Crippen LogP) is 14.5. The fourth-order valence-corrected chi connectivity index (χ4v) is 8.95. The van der Waals surface area contributed by atoms with Crippen LogP contribution >= 0.6 is 0 Å². The van der Waals surface area contributed by atoms with Crippen LogP contribution in [0.2, 0.25) is 0 Å². The molecule has 1 heterocycles. The Labute approximate surface area is 321 Å². The molecule has 9 aromatic carbocycles. The molecule has 1 aliphatic carbocycles. The number of benzene rings is 9. The van der Waals surface area contributed by atoms with Crippen LogP contribution in [0.4, 0.5) is 17.1 Å². The lowest BCUT2D eigenvalue weighted by Crippen LogP contribution is -2.19. The smallest absolute Gasteiger partial charge is 0.0541 e. The zero-order chi connectivity index (χ0) is 36.7. The Morgan fingerprint density at radius 1 is 0.364 bits per heavy atom. The third kappa shape index (κ3) is 4.95. The largest absolute Gasteiger partial charge is 0.310 e. The van der Waals surface area contributed by atoms with E-state index in [2.05, 4.69) is 217 Å². The van der Waals surface area contributed by atoms with Gasteiger partial charge in [-0.1, -0.05) is 123 Å². The van der Waals surface area contributed by atoms with E-state index in [-0.39, 0.29) is 5.41 Å². The van der Waals surface area contributed by atoms with E-state index in [9.17, 15) is 0 Å². The van der Waals surface area contributed by atoms with Crippen molar-refractivity contribution in [1.82, 2.24) is 4.57 Å². The number of para-hydroxylation sites is 3. The fraction of sp³-hybridized carbons (Fsp3) is 0.0566. The van der Waals surface area contributed by atoms with Crippen molar-refractivity contribution in [2.45, 2.75) is 19.3 Å². The summed E-state index contributed by atoms with van der Waals surface area (Å²) in [7, 11) is 0. The third-order valence-electron chi connectivity index (χ3n) is 12.0. The van der Waals surface area contributed by atoms with Crippen LogP contribution < -0.4 is 4.90 Å². The van der Waals surface area contributed by atoms with Crippen molar-refractivity contribution in [3.63, 3.8) is 0 Å². The van der Waals surface area contributed by atoms with Crippen molar-refractivity contribution in [3.05, 3.63) is 205 Å². The highest BCUT2D eigenvalue weighted by atomic mass is 15.1. The summed E-state index contributed by atoms with van der Waals surface area (Å²) in [5, 5.41) is 7.58. The van der Waals surface area contributed by atoms with E-state index in [1.165, 1.54) is 82.4 Å². The molecular weight excluding hydrogens is 665 g/mol. The molecule has 2 heteroatoms. The molecule has 260 valence electrons. The lowest BCUT2D eigenvalue weighted by atomic mass is 9.78. The highest BCUT2D eigenvalue weighted by Crippen LogP contribution is 2.51. The van der Waals surface area contributed by atoms with Gasteiger partial charge in [0.05, 0.1) is 11.0 Å². The van der Waals surface area contributed by atoms with Crippen molar-refractivity contribution >= 4 is 60.4 Å². The minimum Gasteiger partial charge on any atom is -0.310 e. The number of rotatable bonds is 6. The van der Waals surface area contributed by atoms with E-state index >= 15 is 0 Å². The van der Waals surface area contributed by atoms with Gasteiger partial charge in [0.2, 0.25) is 0 Å². The van der Waals surface area contributed by atoms with E-state index in [1.54, 1.807) is 0 Å². The quantitative estimate of drug-likeness (QED) is 0.167. The maximum atomic E-state index is 2.40. The number of hydrogen-bond donors (Lipinski definition) is 0. The van der Waals surface area contributed by atoms with Gasteiger partial charge in [0, 0.05) is 38.9 Å². The van der Waals surface area contributed by atoms with Gasteiger partial charge in [0.25, 0.3) is 0 Å². The van der Waals surface area contributed by atoms with Crippen LogP contribution in [0.1, 0.15) is 25.0 Å². The van der Waals surface area contributed by atoms with Crippen molar-refractivity contribution in [1.29, 1.82) is 0 Å². The molecule has 0 amide bonds. The number of fused-ring (bicyclic) bond motifs is 9. The third-order valence-corrected chi connectivity index (χ3v) is 12.0. The molecule has 10 aromatic rings. The van der Waals surface area contributed by atoms with Crippen LogP contribution in [0.5, 0.6) is 0 Å². The van der Waals surface area contributed by atoms with Gasteiger partial charge < -0.3 is 9.47 Å². The summed E-state index contributed by atoms with van der Waals surface area (Å²) in [5.41, 5.74) is 14.9. The Balaban J connectivity index is 0.966. The highest BCUT2D eigenvalue weighted by molar-refractivity contribution is 6.13. The van der Waals surface area contributed by atoms with Crippen LogP contribution in [0.25, 0.3) is 71.3 Å². The summed E-state index contributed by atoms with van der Waals surface area (Å²) in [6.07, 6.45) is 0. The topological polar surface area (TPSA) is 8.17 Å². The van der Waals surface area contributed by atoms with Gasteiger partial charge >= 0.3 is 0 Å². The fourth-order valence-electron chi connectivity index (χ4n) is 8.95. The van der Waals surface area contributed by atoms with Crippen LogP contribution in [0.3, 0.4) is 0 Å². The lowest BCUT2D eigenvalue weighted by Gasteiger charge is -2.29. The molecule has 1 aliphatic rings. The summed E-state index contributed by atoms with van der Waals surface area (Å²) >= 11 is 0. The van der Waals surface area contributed by atoms with Gasteiger partial charge in [-0.15, -0.1) is 0 Å². The van der Waals surface area contributed by atoms with Crippen LogP contribution in [-0.2, 0) is 5.41 Å². The molecular formula is C53H38N2. The zero-order valence-electron chi connectivity index (χ0n) is 30.9. The zero-order valence-corrected chi connectivity index (χ0v) is 30.9. The first-order valence-corrected chi connectivity index (χ1v) is 19.2. The average Bonchev–Trinajstić information content (AvgIpc) is 3.58. The Hall–Kier alpha value is -6.90. The predicted molar refractivity (Wildman–Crippen MR) is 233 cm³/mol. The molecule has 2 nitrogen and oxygen atoms in total. The van der Waals surface area contributed by atoms with Crippen molar-refractivity contribution in [2.24, 2.45) is 0 Å². The van der Waals surface area contributed by atoms with Gasteiger partial charge in [-0.3, -0.25) is 0 Å². The monoisotopic (exact) mass is 702 g/mol. The molecule has 0 atom stereocenters. The molecule has 0 radical (unpaired) electrons. The van der Waals surface area contributed by atoms with E-state index < -0.39 is 0 Å². The van der Waals surface area contributed by atoms with Crippen molar-refractivity contribution in [2.75, 3.05) is 4.90 Å². The summed E-state index contributed by atoms with van der Waals surface area (Å²) in [5.74, 6) is 0. The van der Waals surface area contributed by atoms with Crippen LogP contribution in [0, 0.1) is 0 Å². The van der Waals surface area contributed by atoms with Gasteiger partial charge in [0.1, 0.15) is 0 Å². The molecule has 1 aromatic heterocycles. The molecule has 0 bridgehead atoms. The molecule has 0 aliphatic heterocycles. The molecule has 55 heavy (non-hydrogen) atoms. The van der Waals surface area contributed by atoms with Gasteiger partial charge in [-0.2, -0.15) is 0 Å². The maximum absolute atomic E-state index is 2.40. The Morgan fingerprint density at radius 3 is 1.44 bits per heavy atom. The summed E-state index contributed by atoms with van der Waals surface area (Å²) in [6, 6.07) is 71.4. The second-order valence-electron chi connectivity index (χ2n) is 15.4. The molecule has 0 N–H and O–H groups in total. The van der Waals surface area contributed by atoms with E-state index in [4.69, 9.17) is 0 Å². The van der Waals surface area contributed by atoms with E-state index in [0.29, 0.717) is 0 Å². The normalized spacial score (nSPS) is 12.2. The second kappa shape index (κ2) is 12.1. The summed E-state index contributed by atoms with van der Waals surface area (Å²) < 4.78 is 2.40. The number of aromatic nitrogens is 1. The van der Waals surface area contributed by atoms with Gasteiger partial charge in [-0.05, 0) is 140 Å². The van der Waals surface area contributed by atoms with Crippen molar-refractivity contribution in [3.8, 4) is 27.9 Å². The van der Waals surface area contributed by atoms with Gasteiger partial charge in [0.15, 0.2) is 0 Å². The molecule has 0 fully saturated rings. The first kappa shape index (κ1) is 31.6. The Bertz CT molecular complexity index is 3040. The minimum atomic E-state index is -0.0988. The minimum absolute atomic E-state index is 0.0988. The number of anilines is 3. The van der Waals surface area contributed by atoms with Gasteiger partial charge in [-0.25, -0.2) is 0 Å². The Kier molecular flexibility index (Phi) is 6.93. The first-order chi connectivity index (χ1) is 27.0. The molecule has 0 saturated carbocycles. The Morgan fingerprint density at radius 2 is 0.818 bits per heavy atom. The molecule has 0 unspecified atom stereocenters. The molecule has 0 spiro atoms. The highest BCUT2D eigenvalue weighted by Gasteiger charge is 2.26. The van der Waals surface area contributed by atoms with Crippen LogP contribution in [-0.4, -0.2) is 4.57 Å². The van der Waals surface area contributed by atoms with Crippen LogP contribution in [0.15, 0.2) is 194 Å². The number of hydrogen-bond acceptors (Lipinski definition) is 1. The SMILES string of the molecule is CC(C)(c1ccccc1)c1ccc(N(c2ccccc2)c2ccc3cc4c(cc3c2)-c2cc3ccc(-n5c6ccccc6c6ccccc65)cc3cc2-4)cc1.